The van der Waals surface area contributed by atoms with Crippen LogP contribution in [0.1, 0.15) is 36.5 Å². The van der Waals surface area contributed by atoms with Crippen LogP contribution >= 0.6 is 0 Å². The Morgan fingerprint density at radius 2 is 2.00 bits per heavy atom. The van der Waals surface area contributed by atoms with Gasteiger partial charge in [0.25, 0.3) is 0 Å². The minimum absolute atomic E-state index is 0.145. The van der Waals surface area contributed by atoms with Crippen molar-refractivity contribution in [2.24, 2.45) is 0 Å². The second-order valence-electron chi connectivity index (χ2n) is 5.21. The molecule has 0 amide bonds. The molecule has 0 aromatic heterocycles. The van der Waals surface area contributed by atoms with Crippen LogP contribution < -0.4 is 5.32 Å². The molecule has 2 rings (SSSR count). The van der Waals surface area contributed by atoms with Gasteiger partial charge < -0.3 is 10.4 Å². The average molecular weight is 219 g/mol. The number of hydrogen-bond acceptors (Lipinski definition) is 2. The molecule has 1 unspecified atom stereocenters. The van der Waals surface area contributed by atoms with Gasteiger partial charge in [0.15, 0.2) is 0 Å². The fourth-order valence-electron chi connectivity index (χ4n) is 1.98. The van der Waals surface area contributed by atoms with E-state index in [1.807, 2.05) is 0 Å². The highest BCUT2D eigenvalue weighted by atomic mass is 16.3. The molecule has 2 N–H and O–H groups in total. The normalized spacial score (nSPS) is 19.5. The molecule has 1 aromatic carbocycles. The van der Waals surface area contributed by atoms with Gasteiger partial charge >= 0.3 is 0 Å². The summed E-state index contributed by atoms with van der Waals surface area (Å²) in [6.45, 7) is 6.46. The molecule has 88 valence electrons. The molecule has 1 aliphatic carbocycles. The zero-order valence-electron chi connectivity index (χ0n) is 10.4. The summed E-state index contributed by atoms with van der Waals surface area (Å²) in [5, 5.41) is 13.1. The molecule has 0 saturated heterocycles. The van der Waals surface area contributed by atoms with Crippen LogP contribution in [0.5, 0.6) is 0 Å². The van der Waals surface area contributed by atoms with Crippen LogP contribution in [0.3, 0.4) is 0 Å². The zero-order valence-corrected chi connectivity index (χ0v) is 10.4. The van der Waals surface area contributed by atoms with E-state index in [4.69, 9.17) is 0 Å². The van der Waals surface area contributed by atoms with Gasteiger partial charge in [0.05, 0.1) is 12.1 Å². The summed E-state index contributed by atoms with van der Waals surface area (Å²) >= 11 is 0. The summed E-state index contributed by atoms with van der Waals surface area (Å²) in [7, 11) is 0. The van der Waals surface area contributed by atoms with E-state index >= 15 is 0 Å². The monoisotopic (exact) mass is 219 g/mol. The van der Waals surface area contributed by atoms with E-state index in [-0.39, 0.29) is 12.1 Å². The van der Waals surface area contributed by atoms with Crippen LogP contribution in [0, 0.1) is 13.8 Å². The molecule has 1 saturated carbocycles. The van der Waals surface area contributed by atoms with Gasteiger partial charge in [-0.2, -0.15) is 0 Å². The highest BCUT2D eigenvalue weighted by Crippen LogP contribution is 2.29. The van der Waals surface area contributed by atoms with Crippen molar-refractivity contribution in [2.45, 2.75) is 45.2 Å². The molecule has 0 heterocycles. The summed E-state index contributed by atoms with van der Waals surface area (Å²) in [6, 6.07) is 7.03. The van der Waals surface area contributed by atoms with E-state index in [0.29, 0.717) is 6.04 Å². The second-order valence-corrected chi connectivity index (χ2v) is 5.21. The van der Waals surface area contributed by atoms with Crippen LogP contribution in [0.15, 0.2) is 18.2 Å². The number of rotatable bonds is 4. The maximum Gasteiger partial charge on any atom is 0.0652 e. The van der Waals surface area contributed by atoms with Crippen molar-refractivity contribution in [1.82, 2.24) is 5.32 Å². The maximum absolute atomic E-state index is 9.61. The Balaban J connectivity index is 2.27. The lowest BCUT2D eigenvalue weighted by Gasteiger charge is -2.30. The first-order valence-electron chi connectivity index (χ1n) is 6.01. The Hall–Kier alpha value is -0.860. The van der Waals surface area contributed by atoms with E-state index in [9.17, 15) is 5.11 Å². The largest absolute Gasteiger partial charge is 0.394 e. The Labute approximate surface area is 97.7 Å². The van der Waals surface area contributed by atoms with E-state index in [1.54, 1.807) is 0 Å². The summed E-state index contributed by atoms with van der Waals surface area (Å²) in [4.78, 5) is 0. The van der Waals surface area contributed by atoms with Gasteiger partial charge in [0.2, 0.25) is 0 Å². The Bertz CT molecular complexity index is 384. The van der Waals surface area contributed by atoms with Crippen molar-refractivity contribution in [3.05, 3.63) is 34.9 Å². The Morgan fingerprint density at radius 1 is 1.31 bits per heavy atom. The number of aliphatic hydroxyl groups excluding tert-OH is 1. The van der Waals surface area contributed by atoms with E-state index in [1.165, 1.54) is 29.5 Å². The van der Waals surface area contributed by atoms with Gasteiger partial charge in [0, 0.05) is 6.04 Å². The molecule has 1 aromatic rings. The molecule has 0 bridgehead atoms. The summed E-state index contributed by atoms with van der Waals surface area (Å²) in [5.74, 6) is 0. The standard InChI is InChI=1S/C14H21NO/c1-10-4-5-12(8-11(10)2)14(3,9-16)15-13-6-7-13/h4-5,8,13,15-16H,6-7,9H2,1-3H3. The van der Waals surface area contributed by atoms with E-state index in [0.717, 1.165) is 0 Å². The average Bonchev–Trinajstić information content (AvgIpc) is 3.05. The number of hydrogen-bond donors (Lipinski definition) is 2. The van der Waals surface area contributed by atoms with Crippen molar-refractivity contribution in [3.8, 4) is 0 Å². The molecule has 0 radical (unpaired) electrons. The molecule has 1 atom stereocenters. The molecule has 0 spiro atoms. The van der Waals surface area contributed by atoms with Crippen molar-refractivity contribution in [2.75, 3.05) is 6.61 Å². The van der Waals surface area contributed by atoms with Crippen molar-refractivity contribution in [1.29, 1.82) is 0 Å². The fraction of sp³-hybridized carbons (Fsp3) is 0.571. The first-order valence-corrected chi connectivity index (χ1v) is 6.01. The minimum Gasteiger partial charge on any atom is -0.394 e. The van der Waals surface area contributed by atoms with Crippen LogP contribution in [-0.2, 0) is 5.54 Å². The lowest BCUT2D eigenvalue weighted by atomic mass is 9.90. The van der Waals surface area contributed by atoms with E-state index < -0.39 is 0 Å². The van der Waals surface area contributed by atoms with Gasteiger partial charge in [-0.3, -0.25) is 0 Å². The maximum atomic E-state index is 9.61. The number of nitrogens with one attached hydrogen (secondary N) is 1. The molecule has 16 heavy (non-hydrogen) atoms. The number of benzene rings is 1. The lowest BCUT2D eigenvalue weighted by molar-refractivity contribution is 0.173. The van der Waals surface area contributed by atoms with Gasteiger partial charge in [0.1, 0.15) is 0 Å². The number of aliphatic hydroxyl groups is 1. The molecule has 1 aliphatic rings. The molecular formula is C14H21NO. The van der Waals surface area contributed by atoms with Gasteiger partial charge in [-0.15, -0.1) is 0 Å². The Kier molecular flexibility index (Phi) is 3.04. The predicted molar refractivity (Wildman–Crippen MR) is 66.5 cm³/mol. The minimum atomic E-state index is -0.292. The quantitative estimate of drug-likeness (QED) is 0.814. The predicted octanol–water partition coefficient (Wildman–Crippen LogP) is 2.26. The fourth-order valence-corrected chi connectivity index (χ4v) is 1.98. The highest BCUT2D eigenvalue weighted by Gasteiger charge is 2.33. The zero-order chi connectivity index (χ0) is 11.8. The van der Waals surface area contributed by atoms with Crippen LogP contribution in [0.2, 0.25) is 0 Å². The van der Waals surface area contributed by atoms with Crippen LogP contribution in [0.25, 0.3) is 0 Å². The molecule has 1 fully saturated rings. The first kappa shape index (κ1) is 11.6. The molecule has 2 heteroatoms. The number of aryl methyl sites for hydroxylation is 2. The van der Waals surface area contributed by atoms with Crippen molar-refractivity contribution in [3.63, 3.8) is 0 Å². The topological polar surface area (TPSA) is 32.3 Å². The summed E-state index contributed by atoms with van der Waals surface area (Å²) in [6.07, 6.45) is 2.47. The van der Waals surface area contributed by atoms with Gasteiger partial charge in [-0.1, -0.05) is 18.2 Å². The summed E-state index contributed by atoms with van der Waals surface area (Å²) in [5.41, 5.74) is 3.48. The summed E-state index contributed by atoms with van der Waals surface area (Å²) < 4.78 is 0. The third-order valence-electron chi connectivity index (χ3n) is 3.56. The van der Waals surface area contributed by atoms with Crippen LogP contribution in [-0.4, -0.2) is 17.8 Å². The first-order chi connectivity index (χ1) is 7.55. The van der Waals surface area contributed by atoms with Gasteiger partial charge in [-0.25, -0.2) is 0 Å². The highest BCUT2D eigenvalue weighted by molar-refractivity contribution is 5.34. The lowest BCUT2D eigenvalue weighted by Crippen LogP contribution is -2.44. The van der Waals surface area contributed by atoms with Crippen molar-refractivity contribution < 1.29 is 5.11 Å². The molecule has 2 nitrogen and oxygen atoms in total. The Morgan fingerprint density at radius 3 is 2.50 bits per heavy atom. The third kappa shape index (κ3) is 2.28. The smallest absolute Gasteiger partial charge is 0.0652 e. The molecule has 0 aliphatic heterocycles. The second kappa shape index (κ2) is 4.19. The van der Waals surface area contributed by atoms with E-state index in [2.05, 4.69) is 44.3 Å². The van der Waals surface area contributed by atoms with Crippen LogP contribution in [0.4, 0.5) is 0 Å². The SMILES string of the molecule is Cc1ccc(C(C)(CO)NC2CC2)cc1C. The van der Waals surface area contributed by atoms with Gasteiger partial charge in [-0.05, 0) is 50.3 Å². The third-order valence-corrected chi connectivity index (χ3v) is 3.56. The van der Waals surface area contributed by atoms with Crippen molar-refractivity contribution >= 4 is 0 Å². The molecular weight excluding hydrogens is 198 g/mol.